The van der Waals surface area contributed by atoms with Gasteiger partial charge in [-0.15, -0.1) is 0 Å². The maximum absolute atomic E-state index is 13.4. The molecule has 0 unspecified atom stereocenters. The summed E-state index contributed by atoms with van der Waals surface area (Å²) in [5.74, 6) is 2.14. The number of hydrogen-bond donors (Lipinski definition) is 0. The number of imidazole rings is 1. The number of benzene rings is 1. The van der Waals surface area contributed by atoms with E-state index in [1.165, 1.54) is 4.90 Å². The third-order valence-electron chi connectivity index (χ3n) is 6.26. The van der Waals surface area contributed by atoms with Crippen LogP contribution in [0.1, 0.15) is 50.2 Å². The first-order valence-corrected chi connectivity index (χ1v) is 11.8. The number of aromatic nitrogens is 3. The van der Waals surface area contributed by atoms with E-state index in [1.807, 2.05) is 33.9 Å². The maximum atomic E-state index is 13.4. The Bertz CT molecular complexity index is 1240. The van der Waals surface area contributed by atoms with Gasteiger partial charge in [0.1, 0.15) is 23.9 Å². The standard InChI is InChI=1S/C25H26ClN5O3/c1-16(2)25-27-10-12-30(25)22-7-3-5-18(28-22)19-6-4-11-29(19)23(32)14-31-20-13-17(26)8-9-21(20)34-15-24(31)33/h3,5,7-10,12-13,16,19H,4,6,11,14-15H2,1-2H3/t19-/m0/s1. The van der Waals surface area contributed by atoms with E-state index in [0.29, 0.717) is 23.0 Å². The number of fused-ring (bicyclic) bond motifs is 1. The summed E-state index contributed by atoms with van der Waals surface area (Å²) in [6, 6.07) is 10.8. The molecule has 2 aliphatic heterocycles. The lowest BCUT2D eigenvalue weighted by Gasteiger charge is -2.32. The van der Waals surface area contributed by atoms with E-state index >= 15 is 0 Å². The zero-order chi connectivity index (χ0) is 23.8. The molecule has 34 heavy (non-hydrogen) atoms. The molecule has 3 aromatic rings. The number of likely N-dealkylation sites (tertiary alicyclic amines) is 1. The van der Waals surface area contributed by atoms with Gasteiger partial charge in [-0.3, -0.25) is 19.1 Å². The molecule has 4 heterocycles. The molecular weight excluding hydrogens is 454 g/mol. The van der Waals surface area contributed by atoms with Crippen LogP contribution in [0.25, 0.3) is 5.82 Å². The molecule has 0 spiro atoms. The van der Waals surface area contributed by atoms with Gasteiger partial charge in [-0.05, 0) is 43.2 Å². The minimum Gasteiger partial charge on any atom is -0.482 e. The third-order valence-corrected chi connectivity index (χ3v) is 6.50. The zero-order valence-electron chi connectivity index (χ0n) is 19.1. The Kier molecular flexibility index (Phi) is 6.00. The van der Waals surface area contributed by atoms with Gasteiger partial charge in [0.05, 0.1) is 17.4 Å². The Labute approximate surface area is 203 Å². The Morgan fingerprint density at radius 3 is 2.94 bits per heavy atom. The van der Waals surface area contributed by atoms with Crippen LogP contribution in [0.2, 0.25) is 5.02 Å². The Hall–Kier alpha value is -3.39. The molecule has 176 valence electrons. The van der Waals surface area contributed by atoms with E-state index in [1.54, 1.807) is 24.4 Å². The topological polar surface area (TPSA) is 80.6 Å². The van der Waals surface area contributed by atoms with E-state index in [0.717, 1.165) is 30.2 Å². The van der Waals surface area contributed by atoms with Crippen molar-refractivity contribution in [3.63, 3.8) is 0 Å². The molecule has 0 radical (unpaired) electrons. The molecule has 5 rings (SSSR count). The second-order valence-electron chi connectivity index (χ2n) is 8.86. The predicted molar refractivity (Wildman–Crippen MR) is 128 cm³/mol. The highest BCUT2D eigenvalue weighted by molar-refractivity contribution is 6.31. The first kappa shape index (κ1) is 22.4. The summed E-state index contributed by atoms with van der Waals surface area (Å²) in [5, 5.41) is 0.481. The minimum atomic E-state index is -0.264. The van der Waals surface area contributed by atoms with Crippen LogP contribution in [-0.2, 0) is 9.59 Å². The van der Waals surface area contributed by atoms with Crippen molar-refractivity contribution in [1.82, 2.24) is 19.4 Å². The normalized spacial score (nSPS) is 17.8. The highest BCUT2D eigenvalue weighted by atomic mass is 35.5. The van der Waals surface area contributed by atoms with Crippen LogP contribution in [0.15, 0.2) is 48.8 Å². The van der Waals surface area contributed by atoms with Crippen LogP contribution in [-0.4, -0.2) is 50.9 Å². The van der Waals surface area contributed by atoms with Crippen LogP contribution in [0.4, 0.5) is 5.69 Å². The Balaban J connectivity index is 1.39. The summed E-state index contributed by atoms with van der Waals surface area (Å²) in [5.41, 5.74) is 1.36. The van der Waals surface area contributed by atoms with Crippen molar-refractivity contribution >= 4 is 29.1 Å². The SMILES string of the molecule is CC(C)c1nccn1-c1cccc([C@@H]2CCCN2C(=O)CN2C(=O)COc3ccc(Cl)cc32)n1. The number of hydrogen-bond acceptors (Lipinski definition) is 5. The molecule has 0 aliphatic carbocycles. The molecule has 0 saturated carbocycles. The van der Waals surface area contributed by atoms with E-state index in [9.17, 15) is 9.59 Å². The summed E-state index contributed by atoms with van der Waals surface area (Å²) < 4.78 is 7.49. The molecule has 0 bridgehead atoms. The monoisotopic (exact) mass is 479 g/mol. The van der Waals surface area contributed by atoms with Gasteiger partial charge in [-0.25, -0.2) is 9.97 Å². The van der Waals surface area contributed by atoms with Gasteiger partial charge < -0.3 is 9.64 Å². The molecule has 8 nitrogen and oxygen atoms in total. The lowest BCUT2D eigenvalue weighted by Crippen LogP contribution is -2.46. The number of halogens is 1. The van der Waals surface area contributed by atoms with E-state index in [2.05, 4.69) is 18.8 Å². The van der Waals surface area contributed by atoms with Crippen molar-refractivity contribution in [3.8, 4) is 11.6 Å². The number of ether oxygens (including phenoxy) is 1. The number of rotatable bonds is 5. The average molecular weight is 480 g/mol. The minimum absolute atomic E-state index is 0.0647. The van der Waals surface area contributed by atoms with E-state index in [-0.39, 0.29) is 36.9 Å². The van der Waals surface area contributed by atoms with Crippen LogP contribution in [0.3, 0.4) is 0 Å². The molecule has 1 fully saturated rings. The largest absolute Gasteiger partial charge is 0.482 e. The van der Waals surface area contributed by atoms with Gasteiger partial charge in [0.25, 0.3) is 5.91 Å². The van der Waals surface area contributed by atoms with E-state index in [4.69, 9.17) is 21.3 Å². The summed E-state index contributed by atoms with van der Waals surface area (Å²) in [7, 11) is 0. The van der Waals surface area contributed by atoms with Gasteiger partial charge in [0.15, 0.2) is 6.61 Å². The summed E-state index contributed by atoms with van der Waals surface area (Å²) in [4.78, 5) is 38.7. The van der Waals surface area contributed by atoms with Crippen LogP contribution < -0.4 is 9.64 Å². The average Bonchev–Trinajstić information content (AvgIpc) is 3.51. The Morgan fingerprint density at radius 2 is 2.12 bits per heavy atom. The number of anilines is 1. The van der Waals surface area contributed by atoms with Crippen LogP contribution >= 0.6 is 11.6 Å². The summed E-state index contributed by atoms with van der Waals surface area (Å²) in [6.45, 7) is 4.65. The molecule has 2 amide bonds. The van der Waals surface area contributed by atoms with Crippen LogP contribution in [0.5, 0.6) is 5.75 Å². The number of amides is 2. The van der Waals surface area contributed by atoms with Crippen molar-refractivity contribution in [1.29, 1.82) is 0 Å². The second kappa shape index (κ2) is 9.10. The molecule has 1 atom stereocenters. The van der Waals surface area contributed by atoms with Crippen molar-refractivity contribution in [2.24, 2.45) is 0 Å². The lowest BCUT2D eigenvalue weighted by molar-refractivity contribution is -0.132. The summed E-state index contributed by atoms with van der Waals surface area (Å²) in [6.07, 6.45) is 5.39. The van der Waals surface area contributed by atoms with Crippen molar-refractivity contribution in [2.45, 2.75) is 38.6 Å². The quantitative estimate of drug-likeness (QED) is 0.549. The third kappa shape index (κ3) is 4.14. The van der Waals surface area contributed by atoms with Gasteiger partial charge in [0, 0.05) is 29.9 Å². The summed E-state index contributed by atoms with van der Waals surface area (Å²) >= 11 is 6.14. The number of pyridine rings is 1. The molecule has 2 aliphatic rings. The zero-order valence-corrected chi connectivity index (χ0v) is 19.9. The molecule has 1 aromatic carbocycles. The number of carbonyl (C=O) groups is 2. The fraction of sp³-hybridized carbons (Fsp3) is 0.360. The predicted octanol–water partition coefficient (Wildman–Crippen LogP) is 4.13. The van der Waals surface area contributed by atoms with Gasteiger partial charge in [-0.1, -0.05) is 31.5 Å². The number of nitrogens with zero attached hydrogens (tertiary/aromatic N) is 5. The maximum Gasteiger partial charge on any atom is 0.265 e. The molecule has 0 N–H and O–H groups in total. The molecular formula is C25H26ClN5O3. The van der Waals surface area contributed by atoms with Crippen molar-refractivity contribution in [2.75, 3.05) is 24.6 Å². The highest BCUT2D eigenvalue weighted by Crippen LogP contribution is 2.36. The fourth-order valence-electron chi connectivity index (χ4n) is 4.64. The first-order chi connectivity index (χ1) is 16.4. The van der Waals surface area contributed by atoms with Gasteiger partial charge in [0.2, 0.25) is 5.91 Å². The number of carbonyl (C=O) groups excluding carboxylic acids is 2. The van der Waals surface area contributed by atoms with Crippen molar-refractivity contribution in [3.05, 3.63) is 65.3 Å². The fourth-order valence-corrected chi connectivity index (χ4v) is 4.81. The molecule has 1 saturated heterocycles. The highest BCUT2D eigenvalue weighted by Gasteiger charge is 2.35. The molecule has 2 aromatic heterocycles. The lowest BCUT2D eigenvalue weighted by atomic mass is 10.1. The first-order valence-electron chi connectivity index (χ1n) is 11.4. The van der Waals surface area contributed by atoms with Gasteiger partial charge >= 0.3 is 0 Å². The van der Waals surface area contributed by atoms with Gasteiger partial charge in [-0.2, -0.15) is 0 Å². The second-order valence-corrected chi connectivity index (χ2v) is 9.29. The van der Waals surface area contributed by atoms with E-state index < -0.39 is 0 Å². The van der Waals surface area contributed by atoms with Crippen LogP contribution in [0, 0.1) is 0 Å². The molecule has 9 heteroatoms. The van der Waals surface area contributed by atoms with Crippen molar-refractivity contribution < 1.29 is 14.3 Å². The smallest absolute Gasteiger partial charge is 0.265 e. The Morgan fingerprint density at radius 1 is 1.26 bits per heavy atom.